The Bertz CT molecular complexity index is 1550. The van der Waals surface area contributed by atoms with Crippen LogP contribution in [-0.2, 0) is 17.8 Å². The molecule has 0 aliphatic rings. The van der Waals surface area contributed by atoms with Gasteiger partial charge >= 0.3 is 5.97 Å². The lowest BCUT2D eigenvalue weighted by Crippen LogP contribution is -2.26. The van der Waals surface area contributed by atoms with Crippen molar-refractivity contribution < 1.29 is 24.2 Å². The number of fused-ring (bicyclic) bond motifs is 1. The first-order valence-electron chi connectivity index (χ1n) is 11.7. The van der Waals surface area contributed by atoms with E-state index in [1.807, 2.05) is 36.5 Å². The standard InChI is InChI=1S/C29H24BrN3O5/c1-37-26-14-19(13-24(30)27(26)38-17-18-6-8-20(9-7-18)29(35)36)12-22(15-31)28(34)32-11-10-21-16-33-25-5-3-2-4-23(21)25/h2-9,12-14,16,33H,10-11,17H2,1H3,(H,32,34)(H,35,36). The van der Waals surface area contributed by atoms with Gasteiger partial charge in [-0.15, -0.1) is 0 Å². The van der Waals surface area contributed by atoms with Crippen LogP contribution in [0.5, 0.6) is 11.5 Å². The lowest BCUT2D eigenvalue weighted by molar-refractivity contribution is -0.117. The molecule has 0 saturated heterocycles. The van der Waals surface area contributed by atoms with Crippen LogP contribution < -0.4 is 14.8 Å². The van der Waals surface area contributed by atoms with E-state index in [1.165, 1.54) is 25.3 Å². The highest BCUT2D eigenvalue weighted by molar-refractivity contribution is 9.10. The molecule has 0 aliphatic heterocycles. The molecule has 38 heavy (non-hydrogen) atoms. The van der Waals surface area contributed by atoms with Crippen molar-refractivity contribution in [1.29, 1.82) is 5.26 Å². The number of para-hydroxylation sites is 1. The molecule has 0 radical (unpaired) electrons. The largest absolute Gasteiger partial charge is 0.493 e. The number of H-pyrrole nitrogens is 1. The minimum absolute atomic E-state index is 0.0370. The number of carbonyl (C=O) groups excluding carboxylic acids is 1. The maximum atomic E-state index is 12.7. The molecule has 0 aliphatic carbocycles. The van der Waals surface area contributed by atoms with Crippen LogP contribution in [0.1, 0.15) is 27.0 Å². The Morgan fingerprint density at radius 2 is 1.92 bits per heavy atom. The van der Waals surface area contributed by atoms with Gasteiger partial charge in [-0.2, -0.15) is 5.26 Å². The number of nitrogens with zero attached hydrogens (tertiary/aromatic N) is 1. The van der Waals surface area contributed by atoms with Crippen molar-refractivity contribution in [1.82, 2.24) is 10.3 Å². The van der Waals surface area contributed by atoms with Crippen LogP contribution in [0.15, 0.2) is 76.9 Å². The normalized spacial score (nSPS) is 11.1. The number of aromatic amines is 1. The van der Waals surface area contributed by atoms with Crippen molar-refractivity contribution >= 4 is 44.8 Å². The van der Waals surface area contributed by atoms with Crippen molar-refractivity contribution in [3.8, 4) is 17.6 Å². The minimum Gasteiger partial charge on any atom is -0.493 e. The number of amides is 1. The molecule has 0 bridgehead atoms. The number of rotatable bonds is 10. The van der Waals surface area contributed by atoms with Crippen LogP contribution in [0.2, 0.25) is 0 Å². The quantitative estimate of drug-likeness (QED) is 0.170. The predicted octanol–water partition coefficient (Wildman–Crippen LogP) is 5.48. The number of benzene rings is 3. The Balaban J connectivity index is 1.42. The second-order valence-corrected chi connectivity index (χ2v) is 9.21. The van der Waals surface area contributed by atoms with E-state index in [0.29, 0.717) is 34.5 Å². The van der Waals surface area contributed by atoms with E-state index in [-0.39, 0.29) is 17.7 Å². The third kappa shape index (κ3) is 6.22. The number of hydrogen-bond acceptors (Lipinski definition) is 5. The molecular formula is C29H24BrN3O5. The second kappa shape index (κ2) is 12.1. The molecule has 3 N–H and O–H groups in total. The van der Waals surface area contributed by atoms with Gasteiger partial charge in [0.2, 0.25) is 0 Å². The molecule has 4 aromatic rings. The fraction of sp³-hybridized carbons (Fsp3) is 0.138. The molecule has 1 heterocycles. The van der Waals surface area contributed by atoms with Gasteiger partial charge in [-0.1, -0.05) is 30.3 Å². The molecule has 9 heteroatoms. The lowest BCUT2D eigenvalue weighted by Gasteiger charge is -2.14. The van der Waals surface area contributed by atoms with E-state index in [9.17, 15) is 14.9 Å². The summed E-state index contributed by atoms with van der Waals surface area (Å²) in [6.45, 7) is 0.569. The van der Waals surface area contributed by atoms with Crippen molar-refractivity contribution in [2.45, 2.75) is 13.0 Å². The van der Waals surface area contributed by atoms with Gasteiger partial charge in [-0.25, -0.2) is 4.79 Å². The zero-order valence-corrected chi connectivity index (χ0v) is 22.0. The summed E-state index contributed by atoms with van der Waals surface area (Å²) in [5.41, 5.74) is 3.64. The summed E-state index contributed by atoms with van der Waals surface area (Å²) in [5.74, 6) is -0.615. The van der Waals surface area contributed by atoms with Gasteiger partial charge in [-0.05, 0) is 75.4 Å². The van der Waals surface area contributed by atoms with E-state index < -0.39 is 11.9 Å². The first-order valence-corrected chi connectivity index (χ1v) is 12.5. The smallest absolute Gasteiger partial charge is 0.335 e. The molecular weight excluding hydrogens is 550 g/mol. The number of ether oxygens (including phenoxy) is 2. The van der Waals surface area contributed by atoms with Gasteiger partial charge in [0.05, 0.1) is 17.1 Å². The maximum Gasteiger partial charge on any atom is 0.335 e. The summed E-state index contributed by atoms with van der Waals surface area (Å²) in [5, 5.41) is 22.6. The Kier molecular flexibility index (Phi) is 8.46. The number of carboxylic acids is 1. The summed E-state index contributed by atoms with van der Waals surface area (Å²) < 4.78 is 12.0. The lowest BCUT2D eigenvalue weighted by atomic mass is 10.1. The Morgan fingerprint density at radius 3 is 2.63 bits per heavy atom. The minimum atomic E-state index is -0.995. The molecule has 1 aromatic heterocycles. The summed E-state index contributed by atoms with van der Waals surface area (Å²) in [6.07, 6.45) is 4.04. The average molecular weight is 574 g/mol. The molecule has 0 spiro atoms. The van der Waals surface area contributed by atoms with Crippen molar-refractivity contribution in [3.05, 3.63) is 99.2 Å². The molecule has 0 atom stereocenters. The number of aromatic carboxylic acids is 1. The highest BCUT2D eigenvalue weighted by Gasteiger charge is 2.15. The number of methoxy groups -OCH3 is 1. The van der Waals surface area contributed by atoms with Crippen LogP contribution in [0.3, 0.4) is 0 Å². The number of carboxylic acid groups (broad SMARTS) is 1. The van der Waals surface area contributed by atoms with Crippen LogP contribution >= 0.6 is 15.9 Å². The van der Waals surface area contributed by atoms with Crippen LogP contribution in [-0.4, -0.2) is 35.6 Å². The van der Waals surface area contributed by atoms with Gasteiger partial charge in [0.1, 0.15) is 18.2 Å². The molecule has 0 saturated carbocycles. The third-order valence-corrected chi connectivity index (χ3v) is 6.46. The number of carbonyl (C=O) groups is 2. The zero-order valence-electron chi connectivity index (χ0n) is 20.5. The molecule has 0 unspecified atom stereocenters. The monoisotopic (exact) mass is 573 g/mol. The molecule has 4 rings (SSSR count). The van der Waals surface area contributed by atoms with Crippen LogP contribution in [0, 0.1) is 11.3 Å². The van der Waals surface area contributed by atoms with Gasteiger partial charge in [-0.3, -0.25) is 4.79 Å². The predicted molar refractivity (Wildman–Crippen MR) is 147 cm³/mol. The average Bonchev–Trinajstić information content (AvgIpc) is 3.34. The molecule has 0 fully saturated rings. The first-order chi connectivity index (χ1) is 18.4. The summed E-state index contributed by atoms with van der Waals surface area (Å²) >= 11 is 3.48. The number of aromatic nitrogens is 1. The van der Waals surface area contributed by atoms with Gasteiger partial charge < -0.3 is 24.9 Å². The maximum absolute atomic E-state index is 12.7. The van der Waals surface area contributed by atoms with E-state index >= 15 is 0 Å². The molecule has 192 valence electrons. The van der Waals surface area contributed by atoms with Crippen molar-refractivity contribution in [2.75, 3.05) is 13.7 Å². The van der Waals surface area contributed by atoms with E-state index in [4.69, 9.17) is 14.6 Å². The van der Waals surface area contributed by atoms with Crippen molar-refractivity contribution in [3.63, 3.8) is 0 Å². The second-order valence-electron chi connectivity index (χ2n) is 8.36. The van der Waals surface area contributed by atoms with E-state index in [2.05, 4.69) is 26.2 Å². The summed E-state index contributed by atoms with van der Waals surface area (Å²) in [4.78, 5) is 26.9. The highest BCUT2D eigenvalue weighted by atomic mass is 79.9. The molecule has 8 nitrogen and oxygen atoms in total. The highest BCUT2D eigenvalue weighted by Crippen LogP contribution is 2.37. The van der Waals surface area contributed by atoms with Gasteiger partial charge in [0.15, 0.2) is 11.5 Å². The molecule has 3 aromatic carbocycles. The number of hydrogen-bond donors (Lipinski definition) is 3. The number of halogens is 1. The van der Waals surface area contributed by atoms with E-state index in [1.54, 1.807) is 24.3 Å². The fourth-order valence-corrected chi connectivity index (χ4v) is 4.50. The fourth-order valence-electron chi connectivity index (χ4n) is 3.92. The topological polar surface area (TPSA) is 124 Å². The summed E-state index contributed by atoms with van der Waals surface area (Å²) in [6, 6.07) is 19.7. The summed E-state index contributed by atoms with van der Waals surface area (Å²) in [7, 11) is 1.49. The van der Waals surface area contributed by atoms with Crippen LogP contribution in [0.4, 0.5) is 0 Å². The zero-order chi connectivity index (χ0) is 27.1. The van der Waals surface area contributed by atoms with E-state index in [0.717, 1.165) is 22.0 Å². The Hall–Kier alpha value is -4.55. The van der Waals surface area contributed by atoms with Crippen molar-refractivity contribution in [2.24, 2.45) is 0 Å². The van der Waals surface area contributed by atoms with Gasteiger partial charge in [0.25, 0.3) is 5.91 Å². The Labute approximate surface area is 227 Å². The van der Waals surface area contributed by atoms with Crippen LogP contribution in [0.25, 0.3) is 17.0 Å². The molecule has 1 amide bonds. The SMILES string of the molecule is COc1cc(C=C(C#N)C(=O)NCCc2c[nH]c3ccccc23)cc(Br)c1OCc1ccc(C(=O)O)cc1. The number of nitriles is 1. The Morgan fingerprint density at radius 1 is 1.16 bits per heavy atom. The number of nitrogens with one attached hydrogen (secondary N) is 2. The third-order valence-electron chi connectivity index (χ3n) is 5.87. The van der Waals surface area contributed by atoms with Gasteiger partial charge in [0, 0.05) is 23.6 Å². The first kappa shape index (κ1) is 26.5.